The molecule has 0 fully saturated rings. The molecule has 0 bridgehead atoms. The van der Waals surface area contributed by atoms with Crippen LogP contribution in [0.1, 0.15) is 58.5 Å². The zero-order valence-corrected chi connectivity index (χ0v) is 13.3. The molecule has 0 aliphatic heterocycles. The van der Waals surface area contributed by atoms with Gasteiger partial charge in [0.2, 0.25) is 0 Å². The number of unbranched alkanes of at least 4 members (excludes halogenated alkanes) is 1. The van der Waals surface area contributed by atoms with Gasteiger partial charge in [-0.15, -0.1) is 0 Å². The van der Waals surface area contributed by atoms with Gasteiger partial charge in [0.05, 0.1) is 0 Å². The summed E-state index contributed by atoms with van der Waals surface area (Å²) in [6, 6.07) is 15.8. The van der Waals surface area contributed by atoms with Crippen LogP contribution >= 0.6 is 0 Å². The number of carbonyl (C=O) groups is 2. The lowest BCUT2D eigenvalue weighted by atomic mass is 10.0. The Labute approximate surface area is 132 Å². The molecular formula is C20H22O2. The van der Waals surface area contributed by atoms with E-state index in [0.717, 1.165) is 36.8 Å². The van der Waals surface area contributed by atoms with Crippen molar-refractivity contribution in [1.29, 1.82) is 0 Å². The average molecular weight is 294 g/mol. The van der Waals surface area contributed by atoms with Gasteiger partial charge in [-0.1, -0.05) is 48.5 Å². The quantitative estimate of drug-likeness (QED) is 0.550. The third kappa shape index (κ3) is 4.66. The van der Waals surface area contributed by atoms with Gasteiger partial charge in [-0.2, -0.15) is 0 Å². The zero-order valence-electron chi connectivity index (χ0n) is 13.3. The summed E-state index contributed by atoms with van der Waals surface area (Å²) in [5.74, 6) is 0.223. The second-order valence-corrected chi connectivity index (χ2v) is 5.71. The predicted molar refractivity (Wildman–Crippen MR) is 89.5 cm³/mol. The number of ketones is 2. The minimum absolute atomic E-state index is 0.112. The summed E-state index contributed by atoms with van der Waals surface area (Å²) in [5, 5.41) is 0. The molecule has 2 aromatic rings. The molecule has 0 N–H and O–H groups in total. The lowest BCUT2D eigenvalue weighted by molar-refractivity contribution is 0.100. The third-order valence-electron chi connectivity index (χ3n) is 3.90. The summed E-state index contributed by atoms with van der Waals surface area (Å²) < 4.78 is 0. The fraction of sp³-hybridized carbons (Fsp3) is 0.300. The van der Waals surface area contributed by atoms with Crippen LogP contribution in [-0.4, -0.2) is 11.6 Å². The molecule has 0 aliphatic carbocycles. The van der Waals surface area contributed by atoms with Gasteiger partial charge in [0.25, 0.3) is 0 Å². The standard InChI is InChI=1S/C20H22O2/c1-15(21)19-11-7-17(8-12-19)5-3-4-6-18-9-13-20(14-10-18)16(2)22/h7-14H,3-6H2,1-2H3. The molecule has 0 aliphatic rings. The topological polar surface area (TPSA) is 34.1 Å². The van der Waals surface area contributed by atoms with Crippen molar-refractivity contribution in [1.82, 2.24) is 0 Å². The average Bonchev–Trinajstić information content (AvgIpc) is 2.52. The Kier molecular flexibility index (Phi) is 5.65. The van der Waals surface area contributed by atoms with Crippen molar-refractivity contribution in [2.75, 3.05) is 0 Å². The van der Waals surface area contributed by atoms with Gasteiger partial charge in [-0.3, -0.25) is 9.59 Å². The number of rotatable bonds is 7. The molecule has 0 radical (unpaired) electrons. The largest absolute Gasteiger partial charge is 0.295 e. The van der Waals surface area contributed by atoms with Crippen LogP contribution in [0.25, 0.3) is 0 Å². The van der Waals surface area contributed by atoms with Crippen LogP contribution in [0, 0.1) is 0 Å². The SMILES string of the molecule is CC(=O)c1ccc(CCCCc2ccc(C(C)=O)cc2)cc1. The summed E-state index contributed by atoms with van der Waals surface area (Å²) in [6.45, 7) is 3.18. The minimum Gasteiger partial charge on any atom is -0.295 e. The first-order valence-corrected chi connectivity index (χ1v) is 7.76. The van der Waals surface area contributed by atoms with E-state index in [9.17, 15) is 9.59 Å². The first-order chi connectivity index (χ1) is 10.6. The van der Waals surface area contributed by atoms with E-state index < -0.39 is 0 Å². The Morgan fingerprint density at radius 3 is 1.23 bits per heavy atom. The highest BCUT2D eigenvalue weighted by atomic mass is 16.1. The number of hydrogen-bond donors (Lipinski definition) is 0. The summed E-state index contributed by atoms with van der Waals surface area (Å²) >= 11 is 0. The van der Waals surface area contributed by atoms with E-state index in [4.69, 9.17) is 0 Å². The molecule has 0 saturated carbocycles. The van der Waals surface area contributed by atoms with Crippen LogP contribution in [0.2, 0.25) is 0 Å². The monoisotopic (exact) mass is 294 g/mol. The molecular weight excluding hydrogens is 272 g/mol. The molecule has 2 aromatic carbocycles. The second-order valence-electron chi connectivity index (χ2n) is 5.71. The van der Waals surface area contributed by atoms with Crippen LogP contribution in [0.3, 0.4) is 0 Å². The van der Waals surface area contributed by atoms with E-state index in [-0.39, 0.29) is 11.6 Å². The summed E-state index contributed by atoms with van der Waals surface area (Å²) in [6.07, 6.45) is 4.30. The Balaban J connectivity index is 1.77. The first kappa shape index (κ1) is 16.2. The maximum Gasteiger partial charge on any atom is 0.159 e. The summed E-state index contributed by atoms with van der Waals surface area (Å²) in [5.41, 5.74) is 4.09. The molecule has 0 spiro atoms. The van der Waals surface area contributed by atoms with Crippen LogP contribution in [0.4, 0.5) is 0 Å². The summed E-state index contributed by atoms with van der Waals surface area (Å²) in [7, 11) is 0. The molecule has 0 aromatic heterocycles. The van der Waals surface area contributed by atoms with E-state index in [1.165, 1.54) is 11.1 Å². The molecule has 114 valence electrons. The van der Waals surface area contributed by atoms with Gasteiger partial charge in [0, 0.05) is 11.1 Å². The number of carbonyl (C=O) groups excluding carboxylic acids is 2. The molecule has 2 heteroatoms. The van der Waals surface area contributed by atoms with E-state index in [1.807, 2.05) is 48.5 Å². The van der Waals surface area contributed by atoms with Crippen LogP contribution in [0.5, 0.6) is 0 Å². The van der Waals surface area contributed by atoms with E-state index in [0.29, 0.717) is 0 Å². The summed E-state index contributed by atoms with van der Waals surface area (Å²) in [4.78, 5) is 22.4. The smallest absolute Gasteiger partial charge is 0.159 e. The maximum absolute atomic E-state index is 11.2. The highest BCUT2D eigenvalue weighted by Crippen LogP contribution is 2.12. The van der Waals surface area contributed by atoms with Crippen molar-refractivity contribution in [2.24, 2.45) is 0 Å². The van der Waals surface area contributed by atoms with Crippen molar-refractivity contribution in [3.05, 3.63) is 70.8 Å². The minimum atomic E-state index is 0.112. The number of Topliss-reactive ketones (excluding diaryl/α,β-unsaturated/α-hetero) is 2. The molecule has 0 unspecified atom stereocenters. The fourth-order valence-corrected chi connectivity index (χ4v) is 2.47. The molecule has 0 saturated heterocycles. The zero-order chi connectivity index (χ0) is 15.9. The molecule has 0 heterocycles. The van der Waals surface area contributed by atoms with Gasteiger partial charge < -0.3 is 0 Å². The van der Waals surface area contributed by atoms with Gasteiger partial charge in [-0.25, -0.2) is 0 Å². The Bertz CT molecular complexity index is 577. The fourth-order valence-electron chi connectivity index (χ4n) is 2.47. The normalized spacial score (nSPS) is 10.5. The van der Waals surface area contributed by atoms with E-state index in [1.54, 1.807) is 13.8 Å². The van der Waals surface area contributed by atoms with Crippen molar-refractivity contribution >= 4 is 11.6 Å². The second kappa shape index (κ2) is 7.69. The van der Waals surface area contributed by atoms with Crippen LogP contribution in [-0.2, 0) is 12.8 Å². The lowest BCUT2D eigenvalue weighted by Gasteiger charge is -2.04. The van der Waals surface area contributed by atoms with Crippen LogP contribution in [0.15, 0.2) is 48.5 Å². The molecule has 0 amide bonds. The molecule has 2 nitrogen and oxygen atoms in total. The first-order valence-electron chi connectivity index (χ1n) is 7.76. The lowest BCUT2D eigenvalue weighted by Crippen LogP contribution is -1.94. The molecule has 0 atom stereocenters. The van der Waals surface area contributed by atoms with E-state index >= 15 is 0 Å². The van der Waals surface area contributed by atoms with Crippen molar-refractivity contribution < 1.29 is 9.59 Å². The number of aryl methyl sites for hydroxylation is 2. The van der Waals surface area contributed by atoms with E-state index in [2.05, 4.69) is 0 Å². The van der Waals surface area contributed by atoms with Gasteiger partial charge in [-0.05, 0) is 50.7 Å². The predicted octanol–water partition coefficient (Wildman–Crippen LogP) is 4.66. The third-order valence-corrected chi connectivity index (χ3v) is 3.90. The van der Waals surface area contributed by atoms with Gasteiger partial charge >= 0.3 is 0 Å². The number of benzene rings is 2. The van der Waals surface area contributed by atoms with Crippen molar-refractivity contribution in [3.8, 4) is 0 Å². The number of hydrogen-bond acceptors (Lipinski definition) is 2. The molecule has 2 rings (SSSR count). The van der Waals surface area contributed by atoms with Gasteiger partial charge in [0.15, 0.2) is 11.6 Å². The highest BCUT2D eigenvalue weighted by molar-refractivity contribution is 5.94. The Morgan fingerprint density at radius 2 is 0.955 bits per heavy atom. The molecule has 22 heavy (non-hydrogen) atoms. The Morgan fingerprint density at radius 1 is 0.636 bits per heavy atom. The van der Waals surface area contributed by atoms with Crippen LogP contribution < -0.4 is 0 Å². The maximum atomic E-state index is 11.2. The van der Waals surface area contributed by atoms with Crippen molar-refractivity contribution in [2.45, 2.75) is 39.5 Å². The van der Waals surface area contributed by atoms with Crippen molar-refractivity contribution in [3.63, 3.8) is 0 Å². The Hall–Kier alpha value is -2.22. The highest BCUT2D eigenvalue weighted by Gasteiger charge is 2.01. The van der Waals surface area contributed by atoms with Gasteiger partial charge in [0.1, 0.15) is 0 Å².